The first-order valence-electron chi connectivity index (χ1n) is 35.2. The average molecular weight is 1380 g/mol. The third-order valence-corrected chi connectivity index (χ3v) is 25.3. The first kappa shape index (κ1) is 59.6. The van der Waals surface area contributed by atoms with Gasteiger partial charge in [0.1, 0.15) is 23.0 Å². The number of hydrogen-bond donors (Lipinski definition) is 1. The lowest BCUT2D eigenvalue weighted by Gasteiger charge is -2.27. The van der Waals surface area contributed by atoms with Gasteiger partial charge in [0.2, 0.25) is 0 Å². The van der Waals surface area contributed by atoms with Gasteiger partial charge in [-0.2, -0.15) is 0 Å². The van der Waals surface area contributed by atoms with Gasteiger partial charge in [0.05, 0.1) is 0 Å². The van der Waals surface area contributed by atoms with Crippen molar-refractivity contribution in [3.05, 3.63) is 338 Å². The molecule has 490 valence electrons. The van der Waals surface area contributed by atoms with Gasteiger partial charge in [0.25, 0.3) is 0 Å². The van der Waals surface area contributed by atoms with Crippen molar-refractivity contribution in [1.82, 2.24) is 4.86 Å². The van der Waals surface area contributed by atoms with Crippen molar-refractivity contribution >= 4 is 146 Å². The van der Waals surface area contributed by atoms with Crippen molar-refractivity contribution < 1.29 is 27.2 Å². The molecule has 0 bridgehead atoms. The molecular weight excluding hydrogens is 1330 g/mol. The van der Waals surface area contributed by atoms with Gasteiger partial charge >= 0.3 is 15.5 Å². The van der Waals surface area contributed by atoms with E-state index in [1.54, 1.807) is 0 Å². The van der Waals surface area contributed by atoms with E-state index in [4.69, 9.17) is 18.1 Å². The van der Waals surface area contributed by atoms with Crippen molar-refractivity contribution in [2.24, 2.45) is 0 Å². The van der Waals surface area contributed by atoms with E-state index in [1.165, 1.54) is 0 Å². The molecule has 19 aromatic rings. The molecule has 0 saturated heterocycles. The van der Waals surface area contributed by atoms with Crippen LogP contribution in [-0.4, -0.2) is 0 Å². The lowest BCUT2D eigenvalue weighted by molar-refractivity contribution is 0.359. The van der Waals surface area contributed by atoms with Crippen LogP contribution in [0, 0.1) is 0 Å². The maximum absolute atomic E-state index is 18.6. The molecule has 1 unspecified atom stereocenters. The average Bonchev–Trinajstić information content (AvgIpc) is 1.66. The maximum Gasteiger partial charge on any atom is 0.524 e. The molecule has 1 aliphatic carbocycles. The van der Waals surface area contributed by atoms with Gasteiger partial charge in [-0.3, -0.25) is 0 Å². The Balaban J connectivity index is 0.899. The minimum absolute atomic E-state index is 0.199. The van der Waals surface area contributed by atoms with Gasteiger partial charge in [-0.25, -0.2) is 9.13 Å². The highest BCUT2D eigenvalue weighted by atomic mass is 31.3. The molecule has 1 atom stereocenters. The zero-order valence-electron chi connectivity index (χ0n) is 56.0. The molecule has 0 aromatic heterocycles. The molecule has 0 saturated carbocycles. The summed E-state index contributed by atoms with van der Waals surface area (Å²) in [4.78, 5) is 3.26. The van der Waals surface area contributed by atoms with Crippen LogP contribution in [0.2, 0.25) is 0 Å². The fourth-order valence-electron chi connectivity index (χ4n) is 17.3. The van der Waals surface area contributed by atoms with Crippen molar-refractivity contribution in [2.75, 3.05) is 0 Å². The molecule has 9 heteroatoms. The van der Waals surface area contributed by atoms with Crippen LogP contribution in [0.1, 0.15) is 0 Å². The summed E-state index contributed by atoms with van der Waals surface area (Å²) < 4.78 is 68.4. The zero-order valence-corrected chi connectivity index (χ0v) is 57.8. The van der Waals surface area contributed by atoms with Crippen LogP contribution in [0.3, 0.4) is 0 Å². The number of rotatable bonds is 6. The Morgan fingerprint density at radius 2 is 0.448 bits per heavy atom. The highest BCUT2D eigenvalue weighted by molar-refractivity contribution is 7.68. The van der Waals surface area contributed by atoms with Gasteiger partial charge in [0, 0.05) is 72.0 Å². The molecule has 0 amide bonds. The van der Waals surface area contributed by atoms with E-state index in [0.29, 0.717) is 49.7 Å². The summed E-state index contributed by atoms with van der Waals surface area (Å²) in [7, 11) is -10.8. The van der Waals surface area contributed by atoms with Crippen LogP contribution in [0.15, 0.2) is 327 Å². The molecule has 2 aliphatic heterocycles. The number of fused-ring (bicyclic) bond motifs is 22. The number of benzene rings is 19. The second-order valence-corrected chi connectivity index (χ2v) is 31.0. The van der Waals surface area contributed by atoms with E-state index < -0.39 is 15.5 Å². The highest BCUT2D eigenvalue weighted by Crippen LogP contribution is 2.69. The van der Waals surface area contributed by atoms with Gasteiger partial charge < -0.3 is 18.1 Å². The van der Waals surface area contributed by atoms with E-state index in [1.807, 2.05) is 97.1 Å². The number of allylic oxidation sites excluding steroid dienone is 1. The minimum atomic E-state index is -5.41. The summed E-state index contributed by atoms with van der Waals surface area (Å²) in [6.45, 7) is 0. The molecule has 7 nitrogen and oxygen atoms in total. The third-order valence-electron chi connectivity index (χ3n) is 21.6. The van der Waals surface area contributed by atoms with Gasteiger partial charge in [-0.15, -0.1) is 0 Å². The van der Waals surface area contributed by atoms with Crippen LogP contribution >= 0.6 is 15.5 Å². The molecular formula is C96H55NO6P2. The SMILES string of the molecule is O=P1(NP2(=O)Oc3c(-c4c5ccccc5cc5ccccc45)cc4ccccc4c3-c3c(c(-c4c5ccccc5cc5ccccc45)cc4ccccc34)O2)Oc2c(-c3c4ccccc4cc4ccccc34)cc3c(c2-c2c(c(-c4c5ccccc5cc5ccccc45)cc4ccccc24)O1)=C=C=CC=3. The Kier molecular flexibility index (Phi) is 12.9. The van der Waals surface area contributed by atoms with E-state index in [0.717, 1.165) is 146 Å². The van der Waals surface area contributed by atoms with E-state index >= 15 is 9.13 Å². The van der Waals surface area contributed by atoms with E-state index in [9.17, 15) is 0 Å². The predicted molar refractivity (Wildman–Crippen MR) is 434 cm³/mol. The van der Waals surface area contributed by atoms with Gasteiger partial charge in [0.15, 0.2) is 0 Å². The Bertz CT molecular complexity index is 7090. The summed E-state index contributed by atoms with van der Waals surface area (Å²) in [6.07, 6.45) is 3.91. The lowest BCUT2D eigenvalue weighted by atomic mass is 9.83. The summed E-state index contributed by atoms with van der Waals surface area (Å²) in [5, 5.41) is 22.0. The quantitative estimate of drug-likeness (QED) is 0.101. The van der Waals surface area contributed by atoms with Crippen LogP contribution in [-0.2, 0) is 9.13 Å². The lowest BCUT2D eigenvalue weighted by Crippen LogP contribution is -2.28. The largest absolute Gasteiger partial charge is 0.524 e. The van der Waals surface area contributed by atoms with Crippen LogP contribution in [0.4, 0.5) is 0 Å². The molecule has 2 heterocycles. The van der Waals surface area contributed by atoms with Crippen molar-refractivity contribution in [3.8, 4) is 89.8 Å². The van der Waals surface area contributed by atoms with E-state index in [-0.39, 0.29) is 23.0 Å². The van der Waals surface area contributed by atoms with Crippen LogP contribution in [0.5, 0.6) is 23.0 Å². The fourth-order valence-corrected chi connectivity index (χ4v) is 20.9. The molecule has 19 aromatic carbocycles. The summed E-state index contributed by atoms with van der Waals surface area (Å²) in [5.74, 6) is 0.896. The molecule has 3 aliphatic rings. The standard InChI is InChI=1S/C96H55NO6P2/c98-104(100-93-81(85-69-37-13-1-25-57(69)49-58-26-2-14-38-70(58)85)53-65-33-9-21-45-77(65)89(93)90-78-46-22-10-34-66(78)54-82(94(90)101-104)86-71-39-15-3-27-59(71)50-60-28-4-16-40-72(60)86)97-105(99)102-95-83(87-73-41-17-5-29-61(73)51-62-30-6-18-42-74(62)87)55-67-35-11-23-47-79(67)91(95)92-80-48-24-12-36-68(80)56-84(96(92)103-105)88-75-43-19-7-31-63(75)52-64-32-8-20-44-76(64)88/h1-23,25-47,49-56H,(H,97,98,99). The second kappa shape index (κ2) is 22.7. The maximum atomic E-state index is 18.6. The van der Waals surface area contributed by atoms with E-state index in [2.05, 4.69) is 247 Å². The Hall–Kier alpha value is -13.0. The first-order chi connectivity index (χ1) is 51.8. The summed E-state index contributed by atoms with van der Waals surface area (Å²) in [5.41, 5.74) is 15.2. The first-order valence-corrected chi connectivity index (χ1v) is 38.3. The topological polar surface area (TPSA) is 83.1 Å². The monoisotopic (exact) mass is 1380 g/mol. The second-order valence-electron chi connectivity index (χ2n) is 27.5. The van der Waals surface area contributed by atoms with Crippen molar-refractivity contribution in [1.29, 1.82) is 0 Å². The molecule has 1 N–H and O–H groups in total. The Morgan fingerprint density at radius 1 is 0.238 bits per heavy atom. The fraction of sp³-hybridized carbons (Fsp3) is 0. The number of hydrogen-bond acceptors (Lipinski definition) is 6. The Labute approximate surface area is 601 Å². The molecule has 105 heavy (non-hydrogen) atoms. The van der Waals surface area contributed by atoms with Crippen LogP contribution < -0.4 is 33.4 Å². The molecule has 22 rings (SSSR count). The highest BCUT2D eigenvalue weighted by Gasteiger charge is 2.50. The molecule has 0 spiro atoms. The zero-order chi connectivity index (χ0) is 69.2. The normalized spacial score (nSPS) is 14.8. The van der Waals surface area contributed by atoms with Crippen molar-refractivity contribution in [2.45, 2.75) is 0 Å². The molecule has 0 radical (unpaired) electrons. The summed E-state index contributed by atoms with van der Waals surface area (Å²) >= 11 is 0. The third kappa shape index (κ3) is 9.12. The van der Waals surface area contributed by atoms with Crippen LogP contribution in [0.25, 0.3) is 197 Å². The van der Waals surface area contributed by atoms with Gasteiger partial charge in [-0.1, -0.05) is 283 Å². The molecule has 0 fully saturated rings. The Morgan fingerprint density at radius 3 is 0.714 bits per heavy atom. The predicted octanol–water partition coefficient (Wildman–Crippen LogP) is 25.3. The van der Waals surface area contributed by atoms with Crippen molar-refractivity contribution in [3.63, 3.8) is 0 Å². The minimum Gasteiger partial charge on any atom is -0.403 e. The smallest absolute Gasteiger partial charge is 0.403 e. The summed E-state index contributed by atoms with van der Waals surface area (Å²) in [6, 6.07) is 109. The number of nitrogens with one attached hydrogen (secondary N) is 1. The van der Waals surface area contributed by atoms with Gasteiger partial charge in [-0.05, 0) is 184 Å².